The summed E-state index contributed by atoms with van der Waals surface area (Å²) in [6.07, 6.45) is 0.957. The van der Waals surface area contributed by atoms with Crippen LogP contribution in [0.25, 0.3) is 0 Å². The Morgan fingerprint density at radius 3 is 2.50 bits per heavy atom. The van der Waals surface area contributed by atoms with E-state index in [9.17, 15) is 9.90 Å². The van der Waals surface area contributed by atoms with Gasteiger partial charge in [0.05, 0.1) is 21.8 Å². The van der Waals surface area contributed by atoms with Crippen LogP contribution in [0.15, 0.2) is 12.1 Å². The Hall–Kier alpha value is -0.970. The molecule has 1 aromatic carbocycles. The fraction of sp³-hybridized carbons (Fsp3) is 0.417. The first-order valence-electron chi connectivity index (χ1n) is 5.66. The number of nitrogen functional groups attached to an aromatic ring is 1. The van der Waals surface area contributed by atoms with Crippen LogP contribution in [0, 0.1) is 0 Å². The highest BCUT2D eigenvalue weighted by Gasteiger charge is 2.12. The lowest BCUT2D eigenvalue weighted by molar-refractivity contribution is 0.0910. The molecule has 1 aromatic rings. The molecular formula is C12H16Cl2N2O2. The van der Waals surface area contributed by atoms with Crippen LogP contribution in [-0.2, 0) is 0 Å². The largest absolute Gasteiger partial charge is 0.396 e. The number of carbonyl (C=O) groups excluding carboxylic acids is 1. The van der Waals surface area contributed by atoms with E-state index in [1.807, 2.05) is 6.92 Å². The van der Waals surface area contributed by atoms with Crippen LogP contribution >= 0.6 is 23.2 Å². The summed E-state index contributed by atoms with van der Waals surface area (Å²) in [7, 11) is 0. The number of hydrogen-bond acceptors (Lipinski definition) is 3. The molecule has 0 aliphatic carbocycles. The van der Waals surface area contributed by atoms with Crippen molar-refractivity contribution in [2.24, 2.45) is 0 Å². The molecule has 18 heavy (non-hydrogen) atoms. The maximum atomic E-state index is 11.8. The number of hydrogen-bond donors (Lipinski definition) is 3. The molecule has 0 saturated heterocycles. The Morgan fingerprint density at radius 1 is 1.44 bits per heavy atom. The SMILES string of the molecule is CCCC(O)CNC(=O)c1cc(Cl)c(N)c(Cl)c1. The number of benzene rings is 1. The third-order valence-corrected chi connectivity index (χ3v) is 3.09. The summed E-state index contributed by atoms with van der Waals surface area (Å²) in [4.78, 5) is 11.8. The van der Waals surface area contributed by atoms with Crippen molar-refractivity contribution < 1.29 is 9.90 Å². The number of halogens is 2. The highest BCUT2D eigenvalue weighted by atomic mass is 35.5. The molecule has 0 aliphatic rings. The van der Waals surface area contributed by atoms with E-state index in [0.717, 1.165) is 6.42 Å². The second-order valence-electron chi connectivity index (χ2n) is 4.01. The molecule has 1 unspecified atom stereocenters. The Bertz CT molecular complexity index is 415. The molecule has 0 saturated carbocycles. The average molecular weight is 291 g/mol. The minimum Gasteiger partial charge on any atom is -0.396 e. The molecule has 0 spiro atoms. The van der Waals surface area contributed by atoms with Crippen molar-refractivity contribution in [3.05, 3.63) is 27.7 Å². The third-order valence-electron chi connectivity index (χ3n) is 2.46. The monoisotopic (exact) mass is 290 g/mol. The van der Waals surface area contributed by atoms with E-state index in [2.05, 4.69) is 5.32 Å². The zero-order valence-corrected chi connectivity index (χ0v) is 11.6. The predicted octanol–water partition coefficient (Wildman–Crippen LogP) is 2.47. The summed E-state index contributed by atoms with van der Waals surface area (Å²) < 4.78 is 0. The molecule has 1 rings (SSSR count). The van der Waals surface area contributed by atoms with Crippen molar-refractivity contribution >= 4 is 34.8 Å². The van der Waals surface area contributed by atoms with Crippen molar-refractivity contribution in [1.82, 2.24) is 5.32 Å². The van der Waals surface area contributed by atoms with Gasteiger partial charge in [-0.2, -0.15) is 0 Å². The van der Waals surface area contributed by atoms with Gasteiger partial charge in [-0.15, -0.1) is 0 Å². The first kappa shape index (κ1) is 15.1. The van der Waals surface area contributed by atoms with Crippen molar-refractivity contribution in [3.8, 4) is 0 Å². The summed E-state index contributed by atoms with van der Waals surface area (Å²) in [6, 6.07) is 2.90. The molecular weight excluding hydrogens is 275 g/mol. The van der Waals surface area contributed by atoms with Crippen LogP contribution in [0.5, 0.6) is 0 Å². The van der Waals surface area contributed by atoms with Crippen LogP contribution in [0.4, 0.5) is 5.69 Å². The molecule has 0 aliphatic heterocycles. The summed E-state index contributed by atoms with van der Waals surface area (Å²) in [6.45, 7) is 2.16. The van der Waals surface area contributed by atoms with Crippen LogP contribution in [0.2, 0.25) is 10.0 Å². The topological polar surface area (TPSA) is 75.3 Å². The number of aliphatic hydroxyl groups is 1. The average Bonchev–Trinajstić information content (AvgIpc) is 2.32. The van der Waals surface area contributed by atoms with Gasteiger partial charge in [0.25, 0.3) is 5.91 Å². The van der Waals surface area contributed by atoms with E-state index in [0.29, 0.717) is 12.0 Å². The summed E-state index contributed by atoms with van der Waals surface area (Å²) in [5.41, 5.74) is 6.15. The van der Waals surface area contributed by atoms with Crippen molar-refractivity contribution in [2.45, 2.75) is 25.9 Å². The Kier molecular flexibility index (Phi) is 5.72. The van der Waals surface area contributed by atoms with Gasteiger partial charge in [-0.1, -0.05) is 36.5 Å². The predicted molar refractivity (Wildman–Crippen MR) is 74.1 cm³/mol. The zero-order chi connectivity index (χ0) is 13.7. The summed E-state index contributed by atoms with van der Waals surface area (Å²) in [5.74, 6) is -0.339. The summed E-state index contributed by atoms with van der Waals surface area (Å²) in [5, 5.41) is 12.6. The van der Waals surface area contributed by atoms with E-state index < -0.39 is 6.10 Å². The normalized spacial score (nSPS) is 12.2. The molecule has 4 N–H and O–H groups in total. The fourth-order valence-electron chi connectivity index (χ4n) is 1.46. The second-order valence-corrected chi connectivity index (χ2v) is 4.82. The lowest BCUT2D eigenvalue weighted by atomic mass is 10.1. The Balaban J connectivity index is 2.67. The maximum Gasteiger partial charge on any atom is 0.251 e. The summed E-state index contributed by atoms with van der Waals surface area (Å²) >= 11 is 11.7. The van der Waals surface area contributed by atoms with E-state index in [1.165, 1.54) is 12.1 Å². The van der Waals surface area contributed by atoms with E-state index in [-0.39, 0.29) is 28.2 Å². The van der Waals surface area contributed by atoms with Gasteiger partial charge in [-0.05, 0) is 18.6 Å². The standard InChI is InChI=1S/C12H16Cl2N2O2/c1-2-3-8(17)6-16-12(18)7-4-9(13)11(15)10(14)5-7/h4-5,8,17H,2-3,6,15H2,1H3,(H,16,18). The van der Waals surface area contributed by atoms with Crippen molar-refractivity contribution in [2.75, 3.05) is 12.3 Å². The van der Waals surface area contributed by atoms with Gasteiger partial charge in [0.1, 0.15) is 0 Å². The highest BCUT2D eigenvalue weighted by Crippen LogP contribution is 2.28. The molecule has 0 heterocycles. The minimum atomic E-state index is -0.543. The fourth-order valence-corrected chi connectivity index (χ4v) is 1.95. The van der Waals surface area contributed by atoms with Gasteiger partial charge in [-0.25, -0.2) is 0 Å². The van der Waals surface area contributed by atoms with Crippen LogP contribution in [0.1, 0.15) is 30.1 Å². The smallest absolute Gasteiger partial charge is 0.251 e. The second kappa shape index (κ2) is 6.83. The lowest BCUT2D eigenvalue weighted by Crippen LogP contribution is -2.32. The molecule has 0 radical (unpaired) electrons. The van der Waals surface area contributed by atoms with E-state index >= 15 is 0 Å². The van der Waals surface area contributed by atoms with E-state index in [1.54, 1.807) is 0 Å². The number of rotatable bonds is 5. The maximum absolute atomic E-state index is 11.8. The molecule has 100 valence electrons. The molecule has 6 heteroatoms. The number of aliphatic hydroxyl groups excluding tert-OH is 1. The number of carbonyl (C=O) groups is 1. The van der Waals surface area contributed by atoms with Gasteiger partial charge < -0.3 is 16.2 Å². The van der Waals surface area contributed by atoms with Gasteiger partial charge in [-0.3, -0.25) is 4.79 Å². The molecule has 1 atom stereocenters. The van der Waals surface area contributed by atoms with E-state index in [4.69, 9.17) is 28.9 Å². The third kappa shape index (κ3) is 4.05. The number of amides is 1. The quantitative estimate of drug-likeness (QED) is 0.729. The van der Waals surface area contributed by atoms with Crippen molar-refractivity contribution in [1.29, 1.82) is 0 Å². The van der Waals surface area contributed by atoms with Crippen LogP contribution in [-0.4, -0.2) is 23.7 Å². The van der Waals surface area contributed by atoms with Crippen LogP contribution < -0.4 is 11.1 Å². The van der Waals surface area contributed by atoms with Gasteiger partial charge >= 0.3 is 0 Å². The van der Waals surface area contributed by atoms with Crippen molar-refractivity contribution in [3.63, 3.8) is 0 Å². The first-order valence-corrected chi connectivity index (χ1v) is 6.42. The molecule has 4 nitrogen and oxygen atoms in total. The van der Waals surface area contributed by atoms with Crippen LogP contribution in [0.3, 0.4) is 0 Å². The number of anilines is 1. The number of nitrogens with one attached hydrogen (secondary N) is 1. The Morgan fingerprint density at radius 2 is 2.00 bits per heavy atom. The molecule has 1 amide bonds. The van der Waals surface area contributed by atoms with Gasteiger partial charge in [0.2, 0.25) is 0 Å². The molecule has 0 aromatic heterocycles. The zero-order valence-electron chi connectivity index (χ0n) is 10.0. The molecule has 0 fully saturated rings. The first-order chi connectivity index (χ1) is 8.45. The van der Waals surface area contributed by atoms with Gasteiger partial charge in [0, 0.05) is 12.1 Å². The Labute approximate surface area is 116 Å². The number of nitrogens with two attached hydrogens (primary N) is 1. The minimum absolute atomic E-state index is 0.201. The highest BCUT2D eigenvalue weighted by molar-refractivity contribution is 6.39. The van der Waals surface area contributed by atoms with Gasteiger partial charge in [0.15, 0.2) is 0 Å². The lowest BCUT2D eigenvalue weighted by Gasteiger charge is -2.11. The molecule has 0 bridgehead atoms.